The van der Waals surface area contributed by atoms with Gasteiger partial charge in [-0.1, -0.05) is 45.0 Å². The SMILES string of the molecule is CC(=O)NC(Cc1cc(F)cc(F)c1)C(O)CNCc1cc(CC(C)(C)C)ccc1-n1cnc2ccccc21. The number of amides is 1. The Morgan fingerprint density at radius 2 is 1.74 bits per heavy atom. The summed E-state index contributed by atoms with van der Waals surface area (Å²) in [6.45, 7) is 8.57. The number of fused-ring (bicyclic) bond motifs is 1. The Bertz CT molecular complexity index is 1420. The van der Waals surface area contributed by atoms with Gasteiger partial charge in [-0.15, -0.1) is 0 Å². The molecule has 1 heterocycles. The zero-order chi connectivity index (χ0) is 28.2. The number of imidazole rings is 1. The van der Waals surface area contributed by atoms with E-state index < -0.39 is 23.8 Å². The molecular formula is C31H36F2N4O2. The van der Waals surface area contributed by atoms with Crippen molar-refractivity contribution < 1.29 is 18.7 Å². The van der Waals surface area contributed by atoms with Gasteiger partial charge in [0.25, 0.3) is 0 Å². The molecule has 3 N–H and O–H groups in total. The zero-order valence-corrected chi connectivity index (χ0v) is 22.8. The van der Waals surface area contributed by atoms with Gasteiger partial charge in [-0.2, -0.15) is 0 Å². The lowest BCUT2D eigenvalue weighted by Gasteiger charge is -2.25. The van der Waals surface area contributed by atoms with E-state index >= 15 is 0 Å². The van der Waals surface area contributed by atoms with Gasteiger partial charge >= 0.3 is 0 Å². The number of halogens is 2. The number of hydrogen-bond acceptors (Lipinski definition) is 4. The maximum atomic E-state index is 13.7. The summed E-state index contributed by atoms with van der Waals surface area (Å²) < 4.78 is 29.5. The summed E-state index contributed by atoms with van der Waals surface area (Å²) in [6.07, 6.45) is 1.81. The zero-order valence-electron chi connectivity index (χ0n) is 22.8. The van der Waals surface area contributed by atoms with E-state index in [4.69, 9.17) is 0 Å². The second-order valence-electron chi connectivity index (χ2n) is 11.3. The lowest BCUT2D eigenvalue weighted by molar-refractivity contribution is -0.120. The Morgan fingerprint density at radius 1 is 1.03 bits per heavy atom. The van der Waals surface area contributed by atoms with Crippen LogP contribution in [0.4, 0.5) is 8.78 Å². The van der Waals surface area contributed by atoms with E-state index in [9.17, 15) is 18.7 Å². The average molecular weight is 535 g/mol. The summed E-state index contributed by atoms with van der Waals surface area (Å²) in [4.78, 5) is 16.4. The van der Waals surface area contributed by atoms with Crippen LogP contribution in [0.1, 0.15) is 44.4 Å². The maximum absolute atomic E-state index is 13.7. The topological polar surface area (TPSA) is 79.2 Å². The van der Waals surface area contributed by atoms with E-state index in [0.717, 1.165) is 34.8 Å². The second kappa shape index (κ2) is 12.1. The highest BCUT2D eigenvalue weighted by Gasteiger charge is 2.22. The van der Waals surface area contributed by atoms with Gasteiger partial charge in [-0.3, -0.25) is 9.36 Å². The molecule has 4 aromatic rings. The fourth-order valence-corrected chi connectivity index (χ4v) is 4.91. The largest absolute Gasteiger partial charge is 0.390 e. The molecule has 0 aliphatic heterocycles. The van der Waals surface area contributed by atoms with Crippen LogP contribution >= 0.6 is 0 Å². The quantitative estimate of drug-likeness (QED) is 0.265. The lowest BCUT2D eigenvalue weighted by Crippen LogP contribution is -2.48. The predicted molar refractivity (Wildman–Crippen MR) is 150 cm³/mol. The fraction of sp³-hybridized carbons (Fsp3) is 0.355. The Kier molecular flexibility index (Phi) is 8.77. The molecule has 0 bridgehead atoms. The average Bonchev–Trinajstić information content (AvgIpc) is 3.26. The Morgan fingerprint density at radius 3 is 2.44 bits per heavy atom. The van der Waals surface area contributed by atoms with Gasteiger partial charge < -0.3 is 15.7 Å². The number of aliphatic hydroxyl groups is 1. The normalized spacial score (nSPS) is 13.4. The number of rotatable bonds is 10. The van der Waals surface area contributed by atoms with Crippen LogP contribution in [0.3, 0.4) is 0 Å². The van der Waals surface area contributed by atoms with Crippen molar-refractivity contribution in [2.24, 2.45) is 5.41 Å². The minimum absolute atomic E-state index is 0.0877. The molecule has 4 rings (SSSR count). The number of carbonyl (C=O) groups is 1. The van der Waals surface area contributed by atoms with Crippen LogP contribution in [0, 0.1) is 17.0 Å². The van der Waals surface area contributed by atoms with E-state index in [0.29, 0.717) is 12.1 Å². The van der Waals surface area contributed by atoms with Crippen molar-refractivity contribution >= 4 is 16.9 Å². The number of aliphatic hydroxyl groups excluding tert-OH is 1. The number of nitrogens with zero attached hydrogens (tertiary/aromatic N) is 2. The van der Waals surface area contributed by atoms with Gasteiger partial charge in [0, 0.05) is 26.1 Å². The molecule has 39 heavy (non-hydrogen) atoms. The van der Waals surface area contributed by atoms with Crippen molar-refractivity contribution in [3.63, 3.8) is 0 Å². The molecule has 1 amide bonds. The number of aromatic nitrogens is 2. The van der Waals surface area contributed by atoms with Crippen LogP contribution < -0.4 is 10.6 Å². The van der Waals surface area contributed by atoms with Crippen LogP contribution in [0.5, 0.6) is 0 Å². The van der Waals surface area contributed by atoms with Gasteiger partial charge in [-0.25, -0.2) is 13.8 Å². The minimum atomic E-state index is -0.990. The number of para-hydroxylation sites is 2. The summed E-state index contributed by atoms with van der Waals surface area (Å²) in [5, 5.41) is 17.0. The third-order valence-electron chi connectivity index (χ3n) is 6.49. The van der Waals surface area contributed by atoms with Crippen molar-refractivity contribution in [2.45, 2.75) is 59.2 Å². The molecule has 2 atom stereocenters. The maximum Gasteiger partial charge on any atom is 0.217 e. The molecule has 6 nitrogen and oxygen atoms in total. The molecule has 0 spiro atoms. The van der Waals surface area contributed by atoms with Gasteiger partial charge in [-0.05, 0) is 65.3 Å². The fourth-order valence-electron chi connectivity index (χ4n) is 4.91. The highest BCUT2D eigenvalue weighted by molar-refractivity contribution is 5.77. The number of carbonyl (C=O) groups excluding carboxylic acids is 1. The standard InChI is InChI=1S/C31H36F2N4O2/c1-20(38)36-27(14-22-12-24(32)15-25(33)13-22)30(39)18-34-17-23-11-21(16-31(2,3)4)9-10-28(23)37-19-35-26-7-5-6-8-29(26)37/h5-13,15,19,27,30,34,39H,14,16-18H2,1-4H3,(H,36,38). The molecule has 206 valence electrons. The van der Waals surface area contributed by atoms with Crippen LogP contribution in [0.25, 0.3) is 16.7 Å². The van der Waals surface area contributed by atoms with E-state index in [1.54, 1.807) is 0 Å². The van der Waals surface area contributed by atoms with Crippen LogP contribution in [-0.2, 0) is 24.2 Å². The molecule has 0 saturated heterocycles. The van der Waals surface area contributed by atoms with Crippen LogP contribution in [0.2, 0.25) is 0 Å². The first-order valence-electron chi connectivity index (χ1n) is 13.1. The third kappa shape index (κ3) is 7.71. The molecule has 0 aliphatic carbocycles. The van der Waals surface area contributed by atoms with Crippen molar-refractivity contribution in [1.29, 1.82) is 0 Å². The molecule has 2 unspecified atom stereocenters. The first-order valence-corrected chi connectivity index (χ1v) is 13.1. The van der Waals surface area contributed by atoms with Crippen molar-refractivity contribution in [3.05, 3.63) is 95.3 Å². The summed E-state index contributed by atoms with van der Waals surface area (Å²) in [6, 6.07) is 16.8. The van der Waals surface area contributed by atoms with E-state index in [-0.39, 0.29) is 24.3 Å². The molecule has 0 radical (unpaired) electrons. The molecule has 8 heteroatoms. The monoisotopic (exact) mass is 534 g/mol. The molecule has 0 fully saturated rings. The van der Waals surface area contributed by atoms with Gasteiger partial charge in [0.1, 0.15) is 18.0 Å². The van der Waals surface area contributed by atoms with Crippen molar-refractivity contribution in [2.75, 3.05) is 6.54 Å². The minimum Gasteiger partial charge on any atom is -0.390 e. The predicted octanol–water partition coefficient (Wildman–Crippen LogP) is 5.09. The molecule has 3 aromatic carbocycles. The molecule has 0 saturated carbocycles. The summed E-state index contributed by atoms with van der Waals surface area (Å²) >= 11 is 0. The lowest BCUT2D eigenvalue weighted by atomic mass is 9.87. The van der Waals surface area contributed by atoms with E-state index in [1.165, 1.54) is 24.6 Å². The van der Waals surface area contributed by atoms with Crippen LogP contribution in [0.15, 0.2) is 67.0 Å². The number of nitrogens with one attached hydrogen (secondary N) is 2. The number of hydrogen-bond donors (Lipinski definition) is 3. The molecular weight excluding hydrogens is 498 g/mol. The highest BCUT2D eigenvalue weighted by atomic mass is 19.1. The van der Waals surface area contributed by atoms with Gasteiger partial charge in [0.05, 0.1) is 28.9 Å². The first kappa shape index (κ1) is 28.4. The third-order valence-corrected chi connectivity index (χ3v) is 6.49. The summed E-state index contributed by atoms with van der Waals surface area (Å²) in [5.74, 6) is -1.73. The summed E-state index contributed by atoms with van der Waals surface area (Å²) in [7, 11) is 0. The Hall–Kier alpha value is -3.62. The van der Waals surface area contributed by atoms with Crippen molar-refractivity contribution in [1.82, 2.24) is 20.2 Å². The van der Waals surface area contributed by atoms with E-state index in [2.05, 4.69) is 59.2 Å². The molecule has 0 aliphatic rings. The molecule has 1 aromatic heterocycles. The highest BCUT2D eigenvalue weighted by Crippen LogP contribution is 2.26. The Labute approximate surface area is 228 Å². The second-order valence-corrected chi connectivity index (χ2v) is 11.3. The number of benzene rings is 3. The first-order chi connectivity index (χ1) is 18.5. The van der Waals surface area contributed by atoms with E-state index in [1.807, 2.05) is 30.6 Å². The Balaban J connectivity index is 1.54. The summed E-state index contributed by atoms with van der Waals surface area (Å²) in [5.41, 5.74) is 5.60. The van der Waals surface area contributed by atoms with Crippen molar-refractivity contribution in [3.8, 4) is 5.69 Å². The van der Waals surface area contributed by atoms with Gasteiger partial charge in [0.2, 0.25) is 5.91 Å². The van der Waals surface area contributed by atoms with Crippen LogP contribution in [-0.4, -0.2) is 39.3 Å². The smallest absolute Gasteiger partial charge is 0.217 e. The van der Waals surface area contributed by atoms with Gasteiger partial charge in [0.15, 0.2) is 0 Å².